The lowest BCUT2D eigenvalue weighted by atomic mass is 9.98. The van der Waals surface area contributed by atoms with Crippen LogP contribution in [-0.4, -0.2) is 28.2 Å². The quantitative estimate of drug-likeness (QED) is 0.824. The van der Waals surface area contributed by atoms with E-state index in [0.717, 1.165) is 35.9 Å². The Morgan fingerprint density at radius 2 is 2.09 bits per heavy atom. The molecule has 0 aliphatic carbocycles. The Kier molecular flexibility index (Phi) is 6.06. The van der Waals surface area contributed by atoms with Gasteiger partial charge in [-0.05, 0) is 24.5 Å². The Morgan fingerprint density at radius 3 is 2.68 bits per heavy atom. The number of hydrogen-bond donors (Lipinski definition) is 2. The van der Waals surface area contributed by atoms with E-state index in [1.165, 1.54) is 0 Å². The van der Waals surface area contributed by atoms with E-state index < -0.39 is 0 Å². The zero-order valence-corrected chi connectivity index (χ0v) is 14.4. The molecule has 2 N–H and O–H groups in total. The van der Waals surface area contributed by atoms with Crippen molar-refractivity contribution in [3.05, 3.63) is 46.2 Å². The van der Waals surface area contributed by atoms with Crippen molar-refractivity contribution in [1.82, 2.24) is 15.3 Å². The minimum absolute atomic E-state index is 0.107. The van der Waals surface area contributed by atoms with Crippen LogP contribution in [0.1, 0.15) is 37.2 Å². The Labute approximate surface area is 136 Å². The van der Waals surface area contributed by atoms with Crippen LogP contribution in [0.3, 0.4) is 0 Å². The first-order valence-electron chi connectivity index (χ1n) is 7.65. The number of aromatic nitrogens is 2. The Balaban J connectivity index is 1.80. The molecule has 0 saturated heterocycles. The fourth-order valence-electron chi connectivity index (χ4n) is 2.15. The molecule has 0 spiro atoms. The minimum Gasteiger partial charge on any atom is -0.396 e. The zero-order valence-electron chi connectivity index (χ0n) is 13.5. The number of aliphatic hydroxyl groups is 1. The molecule has 2 heterocycles. The largest absolute Gasteiger partial charge is 0.396 e. The summed E-state index contributed by atoms with van der Waals surface area (Å²) < 4.78 is 0. The van der Waals surface area contributed by atoms with Gasteiger partial charge in [-0.1, -0.05) is 26.8 Å². The second-order valence-corrected chi connectivity index (χ2v) is 7.46. The highest BCUT2D eigenvalue weighted by atomic mass is 32.1. The maximum absolute atomic E-state index is 9.51. The summed E-state index contributed by atoms with van der Waals surface area (Å²) in [5, 5.41) is 16.2. The molecule has 120 valence electrons. The van der Waals surface area contributed by atoms with Crippen LogP contribution in [0, 0.1) is 5.92 Å². The summed E-state index contributed by atoms with van der Waals surface area (Å²) in [5.41, 5.74) is 2.20. The van der Waals surface area contributed by atoms with Crippen LogP contribution >= 0.6 is 11.3 Å². The maximum atomic E-state index is 9.51. The third-order valence-electron chi connectivity index (χ3n) is 3.41. The lowest BCUT2D eigenvalue weighted by molar-refractivity contribution is 0.220. The van der Waals surface area contributed by atoms with E-state index in [-0.39, 0.29) is 17.9 Å². The number of aliphatic hydroxyl groups excluding tert-OH is 1. The molecule has 0 saturated carbocycles. The molecule has 1 atom stereocenters. The van der Waals surface area contributed by atoms with Gasteiger partial charge in [0.2, 0.25) is 0 Å². The molecule has 0 aliphatic rings. The van der Waals surface area contributed by atoms with Crippen molar-refractivity contribution in [3.63, 3.8) is 0 Å². The summed E-state index contributed by atoms with van der Waals surface area (Å²) in [6.07, 6.45) is 2.58. The van der Waals surface area contributed by atoms with Crippen molar-refractivity contribution >= 4 is 11.3 Å². The van der Waals surface area contributed by atoms with Crippen LogP contribution in [0.5, 0.6) is 0 Å². The van der Waals surface area contributed by atoms with Crippen molar-refractivity contribution in [2.24, 2.45) is 5.92 Å². The fraction of sp³-hybridized carbons (Fsp3) is 0.529. The second kappa shape index (κ2) is 7.81. The highest BCUT2D eigenvalue weighted by Gasteiger charge is 2.18. The van der Waals surface area contributed by atoms with Crippen molar-refractivity contribution < 1.29 is 5.11 Å². The number of hydrogen-bond acceptors (Lipinski definition) is 5. The van der Waals surface area contributed by atoms with Gasteiger partial charge in [0.15, 0.2) is 0 Å². The summed E-state index contributed by atoms with van der Waals surface area (Å²) in [5.74, 6) is 0.177. The molecule has 0 radical (unpaired) electrons. The standard InChI is InChI=1S/C17H25N3OS/c1-17(2,3)16-20-15(12-22-16)10-18-9-13(11-21)8-14-6-4-5-7-19-14/h4-7,12-13,18,21H,8-11H2,1-3H3. The first-order valence-corrected chi connectivity index (χ1v) is 8.53. The molecule has 0 aromatic carbocycles. The topological polar surface area (TPSA) is 58.0 Å². The molecule has 0 amide bonds. The van der Waals surface area contributed by atoms with Gasteiger partial charge in [0, 0.05) is 42.4 Å². The fourth-order valence-corrected chi connectivity index (χ4v) is 3.06. The van der Waals surface area contributed by atoms with Crippen molar-refractivity contribution in [2.45, 2.75) is 39.2 Å². The summed E-state index contributed by atoms with van der Waals surface area (Å²) in [4.78, 5) is 8.98. The molecule has 0 fully saturated rings. The van der Waals surface area contributed by atoms with Crippen LogP contribution in [0.2, 0.25) is 0 Å². The SMILES string of the molecule is CC(C)(C)c1nc(CNCC(CO)Cc2ccccn2)cs1. The molecule has 4 nitrogen and oxygen atoms in total. The van der Waals surface area contributed by atoms with Gasteiger partial charge in [-0.3, -0.25) is 4.98 Å². The average molecular weight is 319 g/mol. The van der Waals surface area contributed by atoms with E-state index in [0.29, 0.717) is 0 Å². The second-order valence-electron chi connectivity index (χ2n) is 6.60. The molecule has 2 aromatic rings. The monoisotopic (exact) mass is 319 g/mol. The van der Waals surface area contributed by atoms with Gasteiger partial charge in [-0.2, -0.15) is 0 Å². The predicted octanol–water partition coefficient (Wildman–Crippen LogP) is 2.78. The minimum atomic E-state index is 0.107. The maximum Gasteiger partial charge on any atom is 0.0982 e. The number of nitrogens with zero attached hydrogens (tertiary/aromatic N) is 2. The van der Waals surface area contributed by atoms with Gasteiger partial charge in [-0.15, -0.1) is 11.3 Å². The predicted molar refractivity (Wildman–Crippen MR) is 91.0 cm³/mol. The summed E-state index contributed by atoms with van der Waals surface area (Å²) in [6, 6.07) is 5.89. The number of rotatable bonds is 7. The van der Waals surface area contributed by atoms with Gasteiger partial charge in [0.05, 0.1) is 10.7 Å². The van der Waals surface area contributed by atoms with Crippen LogP contribution in [0.4, 0.5) is 0 Å². The first kappa shape index (κ1) is 17.1. The van der Waals surface area contributed by atoms with E-state index in [2.05, 4.69) is 41.4 Å². The van der Waals surface area contributed by atoms with Crippen molar-refractivity contribution in [2.75, 3.05) is 13.2 Å². The van der Waals surface area contributed by atoms with Crippen LogP contribution in [0.25, 0.3) is 0 Å². The lowest BCUT2D eigenvalue weighted by Gasteiger charge is -2.15. The Morgan fingerprint density at radius 1 is 1.27 bits per heavy atom. The zero-order chi connectivity index (χ0) is 16.0. The highest BCUT2D eigenvalue weighted by Crippen LogP contribution is 2.25. The van der Waals surface area contributed by atoms with Crippen molar-refractivity contribution in [3.8, 4) is 0 Å². The number of nitrogens with one attached hydrogen (secondary N) is 1. The molecule has 1 unspecified atom stereocenters. The van der Waals surface area contributed by atoms with Gasteiger partial charge in [0.1, 0.15) is 0 Å². The Bertz CT molecular complexity index is 563. The molecule has 2 rings (SSSR count). The van der Waals surface area contributed by atoms with Crippen LogP contribution in [-0.2, 0) is 18.4 Å². The summed E-state index contributed by atoms with van der Waals surface area (Å²) in [7, 11) is 0. The van der Waals surface area contributed by atoms with E-state index in [1.54, 1.807) is 17.5 Å². The first-order chi connectivity index (χ1) is 10.5. The number of pyridine rings is 1. The van der Waals surface area contributed by atoms with E-state index in [9.17, 15) is 5.11 Å². The smallest absolute Gasteiger partial charge is 0.0982 e. The van der Waals surface area contributed by atoms with Gasteiger partial charge in [-0.25, -0.2) is 4.98 Å². The highest BCUT2D eigenvalue weighted by molar-refractivity contribution is 7.09. The van der Waals surface area contributed by atoms with Crippen LogP contribution < -0.4 is 5.32 Å². The molecule has 0 bridgehead atoms. The van der Waals surface area contributed by atoms with Crippen LogP contribution in [0.15, 0.2) is 29.8 Å². The molecule has 5 heteroatoms. The number of thiazole rings is 1. The average Bonchev–Trinajstić information content (AvgIpc) is 2.96. The third-order valence-corrected chi connectivity index (χ3v) is 4.73. The molecule has 2 aromatic heterocycles. The molecular weight excluding hydrogens is 294 g/mol. The van der Waals surface area contributed by atoms with Crippen molar-refractivity contribution in [1.29, 1.82) is 0 Å². The summed E-state index contributed by atoms with van der Waals surface area (Å²) in [6.45, 7) is 8.20. The van der Waals surface area contributed by atoms with E-state index in [1.807, 2.05) is 18.2 Å². The molecular formula is C17H25N3OS. The Hall–Kier alpha value is -1.30. The third kappa shape index (κ3) is 5.16. The molecule has 22 heavy (non-hydrogen) atoms. The van der Waals surface area contributed by atoms with E-state index in [4.69, 9.17) is 0 Å². The van der Waals surface area contributed by atoms with Gasteiger partial charge < -0.3 is 10.4 Å². The van der Waals surface area contributed by atoms with E-state index >= 15 is 0 Å². The van der Waals surface area contributed by atoms with Gasteiger partial charge >= 0.3 is 0 Å². The molecule has 0 aliphatic heterocycles. The lowest BCUT2D eigenvalue weighted by Crippen LogP contribution is -2.27. The van der Waals surface area contributed by atoms with Gasteiger partial charge in [0.25, 0.3) is 0 Å². The normalized spacial score (nSPS) is 13.3. The summed E-state index contributed by atoms with van der Waals surface area (Å²) >= 11 is 1.71.